The molecule has 1 heterocycles. The van der Waals surface area contributed by atoms with E-state index in [1.807, 2.05) is 69.3 Å². The van der Waals surface area contributed by atoms with E-state index >= 15 is 0 Å². The van der Waals surface area contributed by atoms with Gasteiger partial charge in [0, 0.05) is 29.2 Å². The van der Waals surface area contributed by atoms with Gasteiger partial charge in [-0.3, -0.25) is 4.79 Å². The van der Waals surface area contributed by atoms with Gasteiger partial charge in [-0.2, -0.15) is 0 Å². The van der Waals surface area contributed by atoms with Crippen molar-refractivity contribution < 1.29 is 9.53 Å². The number of aryl methyl sites for hydroxylation is 1. The summed E-state index contributed by atoms with van der Waals surface area (Å²) in [4.78, 5) is 21.3. The van der Waals surface area contributed by atoms with Crippen molar-refractivity contribution in [1.82, 2.24) is 9.97 Å². The molecule has 0 radical (unpaired) electrons. The highest BCUT2D eigenvalue weighted by atomic mass is 16.5. The Kier molecular flexibility index (Phi) is 7.60. The molecule has 32 heavy (non-hydrogen) atoms. The Morgan fingerprint density at radius 2 is 1.94 bits per heavy atom. The Balaban J connectivity index is 1.70. The minimum absolute atomic E-state index is 0.00759. The number of anilines is 3. The summed E-state index contributed by atoms with van der Waals surface area (Å²) in [6, 6.07) is 14.9. The number of terminal acetylenes is 1. The maximum atomic E-state index is 12.3. The fourth-order valence-electron chi connectivity index (χ4n) is 2.95. The molecular weight excluding hydrogens is 400 g/mol. The van der Waals surface area contributed by atoms with Gasteiger partial charge in [-0.1, -0.05) is 29.7 Å². The maximum Gasteiger partial charge on any atom is 0.227 e. The number of benzene rings is 2. The zero-order chi connectivity index (χ0) is 22.9. The first-order valence-electron chi connectivity index (χ1n) is 10.2. The lowest BCUT2D eigenvalue weighted by Crippen LogP contribution is -2.08. The summed E-state index contributed by atoms with van der Waals surface area (Å²) in [5.41, 5.74) is 5.08. The van der Waals surface area contributed by atoms with Gasteiger partial charge in [0.05, 0.1) is 12.2 Å². The third-order valence-corrected chi connectivity index (χ3v) is 4.52. The summed E-state index contributed by atoms with van der Waals surface area (Å²) in [7, 11) is 0. The predicted octanol–water partition coefficient (Wildman–Crippen LogP) is 5.30. The van der Waals surface area contributed by atoms with Crippen LogP contribution in [0.25, 0.3) is 0 Å². The second kappa shape index (κ2) is 10.8. The lowest BCUT2D eigenvalue weighted by molar-refractivity contribution is 0.104. The molecule has 162 valence electrons. The van der Waals surface area contributed by atoms with Gasteiger partial charge in [0.2, 0.25) is 5.95 Å². The van der Waals surface area contributed by atoms with E-state index in [1.54, 1.807) is 12.3 Å². The van der Waals surface area contributed by atoms with Gasteiger partial charge in [0.15, 0.2) is 5.78 Å². The number of allylic oxidation sites excluding steroid dienone is 2. The third-order valence-electron chi connectivity index (χ3n) is 4.52. The molecule has 6 nitrogen and oxygen atoms in total. The van der Waals surface area contributed by atoms with E-state index in [0.29, 0.717) is 23.8 Å². The smallest absolute Gasteiger partial charge is 0.227 e. The molecule has 2 aromatic carbocycles. The Labute approximate surface area is 188 Å². The number of ketones is 1. The molecule has 2 N–H and O–H groups in total. The van der Waals surface area contributed by atoms with Crippen LogP contribution in [0.2, 0.25) is 0 Å². The Morgan fingerprint density at radius 3 is 2.72 bits per heavy atom. The monoisotopic (exact) mass is 426 g/mol. The van der Waals surface area contributed by atoms with E-state index in [-0.39, 0.29) is 12.4 Å². The number of carbonyl (C=O) groups excluding carboxylic acids is 1. The Morgan fingerprint density at radius 1 is 1.16 bits per heavy atom. The molecule has 0 bridgehead atoms. The summed E-state index contributed by atoms with van der Waals surface area (Å²) < 4.78 is 5.46. The molecule has 0 amide bonds. The van der Waals surface area contributed by atoms with Crippen LogP contribution in [0, 0.1) is 19.3 Å². The van der Waals surface area contributed by atoms with Crippen LogP contribution in [0.3, 0.4) is 0 Å². The quantitative estimate of drug-likeness (QED) is 0.275. The van der Waals surface area contributed by atoms with Gasteiger partial charge in [-0.25, -0.2) is 9.97 Å². The second-order valence-corrected chi connectivity index (χ2v) is 7.49. The number of rotatable bonds is 9. The van der Waals surface area contributed by atoms with Crippen LogP contribution < -0.4 is 15.4 Å². The van der Waals surface area contributed by atoms with E-state index in [2.05, 4.69) is 26.5 Å². The van der Waals surface area contributed by atoms with Crippen LogP contribution in [-0.4, -0.2) is 22.4 Å². The molecule has 1 aromatic heterocycles. The normalized spacial score (nSPS) is 10.1. The maximum absolute atomic E-state index is 12.3. The fraction of sp³-hybridized carbons (Fsp3) is 0.192. The minimum Gasteiger partial charge on any atom is -0.481 e. The van der Waals surface area contributed by atoms with Gasteiger partial charge in [0.25, 0.3) is 0 Å². The molecule has 0 saturated heterocycles. The summed E-state index contributed by atoms with van der Waals surface area (Å²) in [5.74, 6) is 3.59. The van der Waals surface area contributed by atoms with E-state index in [1.165, 1.54) is 0 Å². The van der Waals surface area contributed by atoms with Crippen LogP contribution >= 0.6 is 0 Å². The Bertz CT molecular complexity index is 1170. The van der Waals surface area contributed by atoms with Gasteiger partial charge in [0.1, 0.15) is 12.4 Å². The van der Waals surface area contributed by atoms with Gasteiger partial charge in [-0.05, 0) is 56.7 Å². The highest BCUT2D eigenvalue weighted by Crippen LogP contribution is 2.21. The van der Waals surface area contributed by atoms with Crippen LogP contribution in [0.15, 0.2) is 66.4 Å². The highest BCUT2D eigenvalue weighted by Gasteiger charge is 2.07. The molecule has 0 atom stereocenters. The molecular formula is C26H26N4O2. The standard InChI is InChI=1S/C26H26N4O2/c1-5-12-32-23-11-7-10-22(15-23)29-26-28-16-19(4)24(30-26)17-27-21-9-6-8-20(14-21)25(31)13-18(2)3/h1,6-11,13-16,27H,12,17H2,2-4H3,(H,28,29,30). The summed E-state index contributed by atoms with van der Waals surface area (Å²) in [6.45, 7) is 6.48. The third kappa shape index (κ3) is 6.44. The van der Waals surface area contributed by atoms with Crippen molar-refractivity contribution in [3.05, 3.63) is 83.2 Å². The van der Waals surface area contributed by atoms with Crippen LogP contribution in [-0.2, 0) is 6.54 Å². The Hall–Kier alpha value is -4.11. The summed E-state index contributed by atoms with van der Waals surface area (Å²) in [5, 5.41) is 6.54. The zero-order valence-electron chi connectivity index (χ0n) is 18.5. The largest absolute Gasteiger partial charge is 0.481 e. The van der Waals surface area contributed by atoms with E-state index in [9.17, 15) is 4.79 Å². The molecule has 3 aromatic rings. The van der Waals surface area contributed by atoms with Crippen LogP contribution in [0.5, 0.6) is 5.75 Å². The molecule has 0 aliphatic heterocycles. The topological polar surface area (TPSA) is 76.1 Å². The van der Waals surface area contributed by atoms with Crippen molar-refractivity contribution in [3.8, 4) is 18.1 Å². The van der Waals surface area contributed by atoms with Crippen molar-refractivity contribution >= 4 is 23.1 Å². The predicted molar refractivity (Wildman–Crippen MR) is 128 cm³/mol. The minimum atomic E-state index is -0.00759. The van der Waals surface area contributed by atoms with Crippen LogP contribution in [0.1, 0.15) is 35.5 Å². The number of hydrogen-bond donors (Lipinski definition) is 2. The number of hydrogen-bond acceptors (Lipinski definition) is 6. The average Bonchev–Trinajstić information content (AvgIpc) is 2.78. The SMILES string of the molecule is C#CCOc1cccc(Nc2ncc(C)c(CNc3cccc(C(=O)C=C(C)C)c3)n2)c1. The van der Waals surface area contributed by atoms with E-state index in [0.717, 1.165) is 28.2 Å². The van der Waals surface area contributed by atoms with Crippen molar-refractivity contribution in [1.29, 1.82) is 0 Å². The van der Waals surface area contributed by atoms with Crippen molar-refractivity contribution in [2.45, 2.75) is 27.3 Å². The molecule has 3 rings (SSSR count). The van der Waals surface area contributed by atoms with Crippen molar-refractivity contribution in [2.24, 2.45) is 0 Å². The highest BCUT2D eigenvalue weighted by molar-refractivity contribution is 6.05. The number of ether oxygens (including phenoxy) is 1. The molecule has 0 aliphatic carbocycles. The van der Waals surface area contributed by atoms with E-state index < -0.39 is 0 Å². The van der Waals surface area contributed by atoms with Crippen molar-refractivity contribution in [3.63, 3.8) is 0 Å². The average molecular weight is 427 g/mol. The molecule has 0 spiro atoms. The summed E-state index contributed by atoms with van der Waals surface area (Å²) >= 11 is 0. The molecule has 0 aliphatic rings. The summed E-state index contributed by atoms with van der Waals surface area (Å²) in [6.07, 6.45) is 8.66. The first-order chi connectivity index (χ1) is 15.4. The molecule has 0 unspecified atom stereocenters. The zero-order valence-corrected chi connectivity index (χ0v) is 18.5. The lowest BCUT2D eigenvalue weighted by atomic mass is 10.1. The molecule has 6 heteroatoms. The van der Waals surface area contributed by atoms with Crippen molar-refractivity contribution in [2.75, 3.05) is 17.2 Å². The number of aromatic nitrogens is 2. The first-order valence-corrected chi connectivity index (χ1v) is 10.2. The van der Waals surface area contributed by atoms with E-state index in [4.69, 9.17) is 11.2 Å². The van der Waals surface area contributed by atoms with Gasteiger partial charge < -0.3 is 15.4 Å². The van der Waals surface area contributed by atoms with Gasteiger partial charge in [-0.15, -0.1) is 6.42 Å². The van der Waals surface area contributed by atoms with Crippen LogP contribution in [0.4, 0.5) is 17.3 Å². The fourth-order valence-corrected chi connectivity index (χ4v) is 2.95. The number of carbonyl (C=O) groups is 1. The molecule has 0 fully saturated rings. The second-order valence-electron chi connectivity index (χ2n) is 7.49. The number of nitrogens with one attached hydrogen (secondary N) is 2. The number of nitrogens with zero attached hydrogens (tertiary/aromatic N) is 2. The molecule has 0 saturated carbocycles. The first kappa shape index (κ1) is 22.6. The van der Waals surface area contributed by atoms with Gasteiger partial charge >= 0.3 is 0 Å². The lowest BCUT2D eigenvalue weighted by Gasteiger charge is -2.12.